The second-order valence-electron chi connectivity index (χ2n) is 4.27. The van der Waals surface area contributed by atoms with Gasteiger partial charge < -0.3 is 0 Å². The number of carbonyl (C=O) groups is 1. The Morgan fingerprint density at radius 2 is 1.93 bits per heavy atom. The predicted molar refractivity (Wildman–Crippen MR) is 57.7 cm³/mol. The zero-order valence-corrected chi connectivity index (χ0v) is 9.05. The fourth-order valence-corrected chi connectivity index (χ4v) is 2.18. The Labute approximate surface area is 85.1 Å². The van der Waals surface area contributed by atoms with Crippen LogP contribution in [0, 0.1) is 19.8 Å². The van der Waals surface area contributed by atoms with Gasteiger partial charge in [-0.1, -0.05) is 13.0 Å². The first-order valence-corrected chi connectivity index (χ1v) is 5.27. The highest BCUT2D eigenvalue weighted by Crippen LogP contribution is 2.30. The molecule has 0 saturated heterocycles. The summed E-state index contributed by atoms with van der Waals surface area (Å²) < 4.78 is 0. The van der Waals surface area contributed by atoms with Gasteiger partial charge in [0.15, 0.2) is 5.78 Å². The summed E-state index contributed by atoms with van der Waals surface area (Å²) in [4.78, 5) is 11.9. The standard InChI is InChI=1S/C13H16O/c1-4-10-7-11-5-8(2)9(3)6-12(11)13(10)14/h5-6,10H,4,7H2,1-3H3. The van der Waals surface area contributed by atoms with E-state index < -0.39 is 0 Å². The van der Waals surface area contributed by atoms with Gasteiger partial charge in [-0.15, -0.1) is 0 Å². The van der Waals surface area contributed by atoms with Crippen LogP contribution in [-0.4, -0.2) is 5.78 Å². The summed E-state index contributed by atoms with van der Waals surface area (Å²) in [6.45, 7) is 6.27. The maximum absolute atomic E-state index is 11.9. The summed E-state index contributed by atoms with van der Waals surface area (Å²) in [5.41, 5.74) is 4.76. The normalized spacial score (nSPS) is 19.9. The van der Waals surface area contributed by atoms with E-state index in [1.165, 1.54) is 16.7 Å². The van der Waals surface area contributed by atoms with Gasteiger partial charge in [0.1, 0.15) is 0 Å². The Morgan fingerprint density at radius 3 is 2.57 bits per heavy atom. The Hall–Kier alpha value is -1.11. The van der Waals surface area contributed by atoms with Gasteiger partial charge in [-0.3, -0.25) is 4.79 Å². The molecular formula is C13H16O. The lowest BCUT2D eigenvalue weighted by Gasteiger charge is -2.03. The molecule has 14 heavy (non-hydrogen) atoms. The van der Waals surface area contributed by atoms with Gasteiger partial charge in [-0.05, 0) is 49.4 Å². The lowest BCUT2D eigenvalue weighted by atomic mass is 10.0. The Kier molecular flexibility index (Phi) is 2.18. The summed E-state index contributed by atoms with van der Waals surface area (Å²) in [6.07, 6.45) is 1.91. The smallest absolute Gasteiger partial charge is 0.166 e. The summed E-state index contributed by atoms with van der Waals surface area (Å²) in [5.74, 6) is 0.594. The van der Waals surface area contributed by atoms with Crippen molar-refractivity contribution in [3.8, 4) is 0 Å². The molecule has 1 heteroatoms. The van der Waals surface area contributed by atoms with E-state index in [4.69, 9.17) is 0 Å². The van der Waals surface area contributed by atoms with Gasteiger partial charge in [0.05, 0.1) is 0 Å². The first-order chi connectivity index (χ1) is 6.63. The van der Waals surface area contributed by atoms with Crippen LogP contribution in [0.4, 0.5) is 0 Å². The molecule has 0 amide bonds. The van der Waals surface area contributed by atoms with E-state index in [1.54, 1.807) is 0 Å². The zero-order valence-electron chi connectivity index (χ0n) is 9.05. The summed E-state index contributed by atoms with van der Waals surface area (Å²) in [6, 6.07) is 4.24. The minimum absolute atomic E-state index is 0.242. The molecule has 0 N–H and O–H groups in total. The number of rotatable bonds is 1. The number of hydrogen-bond donors (Lipinski definition) is 0. The van der Waals surface area contributed by atoms with Gasteiger partial charge in [0.2, 0.25) is 0 Å². The molecule has 0 aromatic heterocycles. The minimum atomic E-state index is 0.242. The molecule has 2 rings (SSSR count). The first-order valence-electron chi connectivity index (χ1n) is 5.27. The third kappa shape index (κ3) is 1.28. The number of hydrogen-bond acceptors (Lipinski definition) is 1. The van der Waals surface area contributed by atoms with Crippen molar-refractivity contribution in [3.63, 3.8) is 0 Å². The Morgan fingerprint density at radius 1 is 1.29 bits per heavy atom. The molecule has 0 radical (unpaired) electrons. The molecular weight excluding hydrogens is 172 g/mol. The van der Waals surface area contributed by atoms with E-state index in [1.807, 2.05) is 0 Å². The number of aryl methyl sites for hydroxylation is 2. The largest absolute Gasteiger partial charge is 0.294 e. The lowest BCUT2D eigenvalue weighted by molar-refractivity contribution is 0.0934. The maximum atomic E-state index is 11.9. The molecule has 0 aliphatic heterocycles. The van der Waals surface area contributed by atoms with E-state index in [9.17, 15) is 4.79 Å². The van der Waals surface area contributed by atoms with Crippen LogP contribution in [0.1, 0.15) is 40.4 Å². The minimum Gasteiger partial charge on any atom is -0.294 e. The molecule has 1 aromatic rings. The average molecular weight is 188 g/mol. The molecule has 1 aliphatic carbocycles. The SMILES string of the molecule is CCC1Cc2cc(C)c(C)cc2C1=O. The highest BCUT2D eigenvalue weighted by molar-refractivity contribution is 6.02. The molecule has 1 atom stereocenters. The van der Waals surface area contributed by atoms with E-state index in [2.05, 4.69) is 32.9 Å². The van der Waals surface area contributed by atoms with Crippen molar-refractivity contribution >= 4 is 5.78 Å². The van der Waals surface area contributed by atoms with E-state index in [0.29, 0.717) is 5.78 Å². The highest BCUT2D eigenvalue weighted by Gasteiger charge is 2.29. The van der Waals surface area contributed by atoms with Crippen LogP contribution in [0.2, 0.25) is 0 Å². The third-order valence-corrected chi connectivity index (χ3v) is 3.31. The molecule has 0 fully saturated rings. The summed E-state index contributed by atoms with van der Waals surface area (Å²) in [5, 5.41) is 0. The predicted octanol–water partition coefficient (Wildman–Crippen LogP) is 3.07. The van der Waals surface area contributed by atoms with Crippen molar-refractivity contribution in [2.24, 2.45) is 5.92 Å². The summed E-state index contributed by atoms with van der Waals surface area (Å²) >= 11 is 0. The van der Waals surface area contributed by atoms with E-state index in [-0.39, 0.29) is 5.92 Å². The second kappa shape index (κ2) is 3.23. The lowest BCUT2D eigenvalue weighted by Crippen LogP contribution is -2.06. The fraction of sp³-hybridized carbons (Fsp3) is 0.462. The number of Topliss-reactive ketones (excluding diaryl/α,β-unsaturated/α-hetero) is 1. The fourth-order valence-electron chi connectivity index (χ4n) is 2.18. The van der Waals surface area contributed by atoms with Gasteiger partial charge in [0, 0.05) is 11.5 Å². The molecule has 1 unspecified atom stereocenters. The van der Waals surface area contributed by atoms with Crippen LogP contribution in [-0.2, 0) is 6.42 Å². The molecule has 74 valence electrons. The molecule has 1 aromatic carbocycles. The van der Waals surface area contributed by atoms with Crippen molar-refractivity contribution < 1.29 is 4.79 Å². The molecule has 0 saturated carbocycles. The maximum Gasteiger partial charge on any atom is 0.166 e. The number of carbonyl (C=O) groups excluding carboxylic acids is 1. The van der Waals surface area contributed by atoms with Gasteiger partial charge in [-0.2, -0.15) is 0 Å². The molecule has 0 heterocycles. The second-order valence-corrected chi connectivity index (χ2v) is 4.27. The number of benzene rings is 1. The monoisotopic (exact) mass is 188 g/mol. The van der Waals surface area contributed by atoms with Crippen LogP contribution < -0.4 is 0 Å². The number of fused-ring (bicyclic) bond motifs is 1. The van der Waals surface area contributed by atoms with Crippen LogP contribution in [0.3, 0.4) is 0 Å². The van der Waals surface area contributed by atoms with Crippen molar-refractivity contribution in [3.05, 3.63) is 34.4 Å². The van der Waals surface area contributed by atoms with Crippen LogP contribution >= 0.6 is 0 Å². The van der Waals surface area contributed by atoms with Crippen LogP contribution in [0.15, 0.2) is 12.1 Å². The molecule has 1 nitrogen and oxygen atoms in total. The molecule has 0 spiro atoms. The zero-order chi connectivity index (χ0) is 10.3. The molecule has 0 bridgehead atoms. The topological polar surface area (TPSA) is 17.1 Å². The number of ketones is 1. The van der Waals surface area contributed by atoms with E-state index >= 15 is 0 Å². The quantitative estimate of drug-likeness (QED) is 0.662. The van der Waals surface area contributed by atoms with E-state index in [0.717, 1.165) is 18.4 Å². The van der Waals surface area contributed by atoms with Crippen molar-refractivity contribution in [2.75, 3.05) is 0 Å². The average Bonchev–Trinajstić information content (AvgIpc) is 2.45. The molecule has 1 aliphatic rings. The first kappa shape index (κ1) is 9.45. The van der Waals surface area contributed by atoms with Crippen molar-refractivity contribution in [1.82, 2.24) is 0 Å². The van der Waals surface area contributed by atoms with Crippen molar-refractivity contribution in [2.45, 2.75) is 33.6 Å². The highest BCUT2D eigenvalue weighted by atomic mass is 16.1. The summed E-state index contributed by atoms with van der Waals surface area (Å²) in [7, 11) is 0. The van der Waals surface area contributed by atoms with Crippen LogP contribution in [0.5, 0.6) is 0 Å². The Balaban J connectivity index is 2.49. The van der Waals surface area contributed by atoms with Gasteiger partial charge in [0.25, 0.3) is 0 Å². The van der Waals surface area contributed by atoms with Gasteiger partial charge >= 0.3 is 0 Å². The third-order valence-electron chi connectivity index (χ3n) is 3.31. The van der Waals surface area contributed by atoms with Crippen molar-refractivity contribution in [1.29, 1.82) is 0 Å². The Bertz CT molecular complexity index is 390. The van der Waals surface area contributed by atoms with Crippen LogP contribution in [0.25, 0.3) is 0 Å². The van der Waals surface area contributed by atoms with Gasteiger partial charge in [-0.25, -0.2) is 0 Å².